The Morgan fingerprint density at radius 3 is 2.78 bits per heavy atom. The van der Waals surface area contributed by atoms with Crippen LogP contribution in [0.3, 0.4) is 0 Å². The molecule has 1 rings (SSSR count). The number of nitrogens with zero attached hydrogens (tertiary/aromatic N) is 1. The molecule has 18 heavy (non-hydrogen) atoms. The number of nitrogens with two attached hydrogens (primary N) is 1. The first kappa shape index (κ1) is 14.5. The van der Waals surface area contributed by atoms with Gasteiger partial charge in [0, 0.05) is 12.6 Å². The molecule has 0 aromatic carbocycles. The molecule has 0 saturated carbocycles. The normalized spacial score (nSPS) is 12.2. The first-order valence-electron chi connectivity index (χ1n) is 5.87. The summed E-state index contributed by atoms with van der Waals surface area (Å²) in [4.78, 5) is 16.5. The number of thiazole rings is 1. The molecule has 0 spiro atoms. The zero-order chi connectivity index (χ0) is 13.7. The fourth-order valence-electron chi connectivity index (χ4n) is 1.19. The van der Waals surface area contributed by atoms with Gasteiger partial charge in [-0.25, -0.2) is 4.98 Å². The average Bonchev–Trinajstić information content (AvgIpc) is 2.67. The number of rotatable bonds is 6. The van der Waals surface area contributed by atoms with Crippen molar-refractivity contribution in [3.8, 4) is 0 Å². The Balaban J connectivity index is 2.71. The van der Waals surface area contributed by atoms with Crippen LogP contribution < -0.4 is 16.4 Å². The predicted octanol–water partition coefficient (Wildman–Crippen LogP) is 2.10. The Kier molecular flexibility index (Phi) is 5.15. The van der Waals surface area contributed by atoms with Gasteiger partial charge < -0.3 is 16.4 Å². The number of amides is 1. The zero-order valence-corrected chi connectivity index (χ0v) is 11.8. The molecule has 6 heteroatoms. The van der Waals surface area contributed by atoms with Crippen molar-refractivity contribution in [3.63, 3.8) is 0 Å². The summed E-state index contributed by atoms with van der Waals surface area (Å²) in [5.41, 5.74) is 5.74. The lowest BCUT2D eigenvalue weighted by Gasteiger charge is -2.07. The van der Waals surface area contributed by atoms with E-state index in [-0.39, 0.29) is 17.8 Å². The number of carbonyl (C=O) groups excluding carboxylic acids is 1. The summed E-state index contributed by atoms with van der Waals surface area (Å²) in [6.07, 6.45) is 1.66. The molecule has 0 aliphatic rings. The second-order valence-corrected chi connectivity index (χ2v) is 5.51. The molecule has 0 aliphatic heterocycles. The lowest BCUT2D eigenvalue weighted by molar-refractivity contribution is 0.0951. The van der Waals surface area contributed by atoms with Gasteiger partial charge in [-0.05, 0) is 12.8 Å². The van der Waals surface area contributed by atoms with Crippen LogP contribution in [0.15, 0.2) is 12.7 Å². The van der Waals surface area contributed by atoms with E-state index in [9.17, 15) is 4.79 Å². The summed E-state index contributed by atoms with van der Waals surface area (Å²) < 4.78 is 0. The molecule has 100 valence electrons. The van der Waals surface area contributed by atoms with Crippen molar-refractivity contribution in [3.05, 3.63) is 17.5 Å². The predicted molar refractivity (Wildman–Crippen MR) is 77.0 cm³/mol. The third kappa shape index (κ3) is 4.03. The maximum atomic E-state index is 11.9. The lowest BCUT2D eigenvalue weighted by atomic mass is 10.2. The van der Waals surface area contributed by atoms with Crippen LogP contribution in [0.5, 0.6) is 0 Å². The molecule has 0 bridgehead atoms. The summed E-state index contributed by atoms with van der Waals surface area (Å²) >= 11 is 1.27. The summed E-state index contributed by atoms with van der Waals surface area (Å²) in [7, 11) is 0. The lowest BCUT2D eigenvalue weighted by Crippen LogP contribution is -2.30. The van der Waals surface area contributed by atoms with Gasteiger partial charge in [-0.3, -0.25) is 4.79 Å². The Bertz CT molecular complexity index is 428. The van der Waals surface area contributed by atoms with E-state index in [1.54, 1.807) is 6.08 Å². The minimum absolute atomic E-state index is 0.0916. The molecule has 1 atom stereocenters. The second kappa shape index (κ2) is 6.39. The topological polar surface area (TPSA) is 80.0 Å². The van der Waals surface area contributed by atoms with Crippen molar-refractivity contribution >= 4 is 28.2 Å². The largest absolute Gasteiger partial charge is 0.382 e. The van der Waals surface area contributed by atoms with Gasteiger partial charge in [0.15, 0.2) is 5.13 Å². The van der Waals surface area contributed by atoms with E-state index in [4.69, 9.17) is 5.73 Å². The number of nitrogens with one attached hydrogen (secondary N) is 2. The van der Waals surface area contributed by atoms with E-state index in [0.717, 1.165) is 6.54 Å². The van der Waals surface area contributed by atoms with Crippen molar-refractivity contribution < 1.29 is 4.79 Å². The molecule has 5 nitrogen and oxygen atoms in total. The van der Waals surface area contributed by atoms with Crippen LogP contribution in [-0.4, -0.2) is 23.5 Å². The third-order valence-corrected chi connectivity index (χ3v) is 3.26. The van der Waals surface area contributed by atoms with Gasteiger partial charge in [0.05, 0.1) is 0 Å². The van der Waals surface area contributed by atoms with Crippen LogP contribution in [-0.2, 0) is 0 Å². The fourth-order valence-corrected chi connectivity index (χ4v) is 1.99. The fraction of sp³-hybridized carbons (Fsp3) is 0.500. The highest BCUT2D eigenvalue weighted by Gasteiger charge is 2.17. The Labute approximate surface area is 111 Å². The van der Waals surface area contributed by atoms with Crippen molar-refractivity contribution in [2.75, 3.05) is 17.6 Å². The number of hydrogen-bond donors (Lipinski definition) is 3. The van der Waals surface area contributed by atoms with Crippen LogP contribution in [0.1, 0.15) is 30.4 Å². The standard InChI is InChI=1S/C12H20N4OS/c1-5-8(4)15-11(17)9-10(13)16-12(18-9)14-6-7(2)3/h5,7-8H,1,6,13H2,2-4H3,(H,14,16)(H,15,17). The molecule has 4 N–H and O–H groups in total. The highest BCUT2D eigenvalue weighted by molar-refractivity contribution is 7.18. The van der Waals surface area contributed by atoms with Crippen molar-refractivity contribution in [2.24, 2.45) is 5.92 Å². The van der Waals surface area contributed by atoms with Crippen LogP contribution in [0, 0.1) is 5.92 Å². The summed E-state index contributed by atoms with van der Waals surface area (Å²) in [5.74, 6) is 0.559. The number of nitrogen functional groups attached to an aromatic ring is 1. The Morgan fingerprint density at radius 1 is 1.56 bits per heavy atom. The minimum atomic E-state index is -0.213. The van der Waals surface area contributed by atoms with Crippen LogP contribution in [0.25, 0.3) is 0 Å². The SMILES string of the molecule is C=CC(C)NC(=O)c1sc(NCC(C)C)nc1N. The third-order valence-electron chi connectivity index (χ3n) is 2.23. The first-order chi connectivity index (χ1) is 8.43. The molecule has 0 saturated heterocycles. The molecular weight excluding hydrogens is 248 g/mol. The highest BCUT2D eigenvalue weighted by Crippen LogP contribution is 2.25. The average molecular weight is 268 g/mol. The molecule has 0 fully saturated rings. The molecule has 1 amide bonds. The van der Waals surface area contributed by atoms with Crippen LogP contribution in [0.2, 0.25) is 0 Å². The smallest absolute Gasteiger partial charge is 0.265 e. The van der Waals surface area contributed by atoms with Gasteiger partial charge in [-0.1, -0.05) is 31.3 Å². The number of anilines is 2. The van der Waals surface area contributed by atoms with Crippen molar-refractivity contribution in [1.82, 2.24) is 10.3 Å². The van der Waals surface area contributed by atoms with Gasteiger partial charge in [0.2, 0.25) is 0 Å². The van der Waals surface area contributed by atoms with E-state index < -0.39 is 0 Å². The molecule has 1 unspecified atom stereocenters. The van der Waals surface area contributed by atoms with Gasteiger partial charge in [-0.15, -0.1) is 6.58 Å². The number of aromatic nitrogens is 1. The Morgan fingerprint density at radius 2 is 2.22 bits per heavy atom. The molecule has 0 radical (unpaired) electrons. The maximum Gasteiger partial charge on any atom is 0.265 e. The van der Waals surface area contributed by atoms with Gasteiger partial charge in [0.1, 0.15) is 10.7 Å². The maximum absolute atomic E-state index is 11.9. The van der Waals surface area contributed by atoms with Gasteiger partial charge in [-0.2, -0.15) is 0 Å². The molecule has 1 heterocycles. The van der Waals surface area contributed by atoms with E-state index in [1.165, 1.54) is 11.3 Å². The molecular formula is C12H20N4OS. The van der Waals surface area contributed by atoms with Crippen molar-refractivity contribution in [2.45, 2.75) is 26.8 Å². The van der Waals surface area contributed by atoms with Gasteiger partial charge in [0.25, 0.3) is 5.91 Å². The first-order valence-corrected chi connectivity index (χ1v) is 6.69. The van der Waals surface area contributed by atoms with Gasteiger partial charge >= 0.3 is 0 Å². The number of carbonyl (C=O) groups is 1. The minimum Gasteiger partial charge on any atom is -0.382 e. The van der Waals surface area contributed by atoms with Crippen molar-refractivity contribution in [1.29, 1.82) is 0 Å². The summed E-state index contributed by atoms with van der Waals surface area (Å²) in [6, 6.07) is -0.0916. The molecule has 1 aromatic rings. The number of hydrogen-bond acceptors (Lipinski definition) is 5. The van der Waals surface area contributed by atoms with Crippen LogP contribution in [0.4, 0.5) is 10.9 Å². The van der Waals surface area contributed by atoms with E-state index in [0.29, 0.717) is 15.9 Å². The highest BCUT2D eigenvalue weighted by atomic mass is 32.1. The zero-order valence-electron chi connectivity index (χ0n) is 11.0. The molecule has 1 aromatic heterocycles. The van der Waals surface area contributed by atoms with E-state index in [1.807, 2.05) is 6.92 Å². The second-order valence-electron chi connectivity index (χ2n) is 4.51. The van der Waals surface area contributed by atoms with Crippen LogP contribution >= 0.6 is 11.3 Å². The summed E-state index contributed by atoms with van der Waals surface area (Å²) in [6.45, 7) is 10.5. The van der Waals surface area contributed by atoms with E-state index in [2.05, 4.69) is 36.0 Å². The quantitative estimate of drug-likeness (QED) is 0.690. The molecule has 0 aliphatic carbocycles. The van der Waals surface area contributed by atoms with E-state index >= 15 is 0 Å². The Hall–Kier alpha value is -1.56. The summed E-state index contributed by atoms with van der Waals surface area (Å²) in [5, 5.41) is 6.60. The monoisotopic (exact) mass is 268 g/mol.